The molecule has 0 heterocycles. The van der Waals surface area contributed by atoms with Crippen LogP contribution in [0.25, 0.3) is 0 Å². The molecule has 0 aliphatic rings. The van der Waals surface area contributed by atoms with Crippen molar-refractivity contribution in [3.05, 3.63) is 0 Å². The maximum absolute atomic E-state index is 5.47. The van der Waals surface area contributed by atoms with Gasteiger partial charge in [0, 0.05) is 26.3 Å². The summed E-state index contributed by atoms with van der Waals surface area (Å²) >= 11 is 0. The van der Waals surface area contributed by atoms with Crippen molar-refractivity contribution in [1.29, 1.82) is 0 Å². The zero-order valence-corrected chi connectivity index (χ0v) is 11.8. The highest BCUT2D eigenvalue weighted by Crippen LogP contribution is 2.24. The van der Waals surface area contributed by atoms with Crippen molar-refractivity contribution in [2.75, 3.05) is 26.3 Å². The quantitative estimate of drug-likeness (QED) is 0.619. The van der Waals surface area contributed by atoms with Crippen LogP contribution in [0.3, 0.4) is 0 Å². The van der Waals surface area contributed by atoms with E-state index in [1.807, 2.05) is 13.8 Å². The van der Waals surface area contributed by atoms with Crippen LogP contribution in [0.2, 0.25) is 0 Å². The average molecular weight is 231 g/mol. The summed E-state index contributed by atoms with van der Waals surface area (Å²) in [7, 11) is 0. The molecular weight excluding hydrogens is 202 g/mol. The molecule has 0 atom stereocenters. The molecule has 0 rings (SSSR count). The molecule has 0 aromatic carbocycles. The summed E-state index contributed by atoms with van der Waals surface area (Å²) in [4.78, 5) is 0. The highest BCUT2D eigenvalue weighted by atomic mass is 16.7. The minimum absolute atomic E-state index is 0.113. The lowest BCUT2D eigenvalue weighted by Gasteiger charge is -2.30. The van der Waals surface area contributed by atoms with Gasteiger partial charge in [0.25, 0.3) is 0 Å². The molecule has 0 bridgehead atoms. The van der Waals surface area contributed by atoms with Gasteiger partial charge in [-0.05, 0) is 25.2 Å². The van der Waals surface area contributed by atoms with E-state index in [4.69, 9.17) is 9.47 Å². The minimum Gasteiger partial charge on any atom is -0.352 e. The molecule has 0 saturated heterocycles. The molecule has 0 unspecified atom stereocenters. The molecule has 98 valence electrons. The van der Waals surface area contributed by atoms with Gasteiger partial charge in [0.1, 0.15) is 0 Å². The Bertz CT molecular complexity index is 163. The number of rotatable bonds is 9. The molecule has 0 spiro atoms. The van der Waals surface area contributed by atoms with Crippen molar-refractivity contribution in [2.24, 2.45) is 11.3 Å². The summed E-state index contributed by atoms with van der Waals surface area (Å²) < 4.78 is 10.9. The fourth-order valence-corrected chi connectivity index (χ4v) is 1.25. The lowest BCUT2D eigenvalue weighted by atomic mass is 9.81. The third-order valence-corrected chi connectivity index (χ3v) is 3.16. The van der Waals surface area contributed by atoms with Gasteiger partial charge in [-0.25, -0.2) is 0 Å². The van der Waals surface area contributed by atoms with Crippen LogP contribution in [0.1, 0.15) is 41.5 Å². The van der Waals surface area contributed by atoms with Gasteiger partial charge < -0.3 is 14.8 Å². The fraction of sp³-hybridized carbons (Fsp3) is 1.00. The van der Waals surface area contributed by atoms with Gasteiger partial charge in [0.15, 0.2) is 6.29 Å². The van der Waals surface area contributed by atoms with E-state index in [2.05, 4.69) is 33.0 Å². The van der Waals surface area contributed by atoms with Crippen LogP contribution in [0.4, 0.5) is 0 Å². The first-order chi connectivity index (χ1) is 7.44. The van der Waals surface area contributed by atoms with Gasteiger partial charge in [-0.1, -0.05) is 27.7 Å². The van der Waals surface area contributed by atoms with Crippen molar-refractivity contribution in [3.8, 4) is 0 Å². The number of hydrogen-bond donors (Lipinski definition) is 1. The maximum Gasteiger partial charge on any atom is 0.169 e. The molecule has 0 radical (unpaired) electrons. The second-order valence-corrected chi connectivity index (χ2v) is 5.11. The highest BCUT2D eigenvalue weighted by Gasteiger charge is 2.22. The van der Waals surface area contributed by atoms with Crippen molar-refractivity contribution < 1.29 is 9.47 Å². The standard InChI is InChI=1S/C13H29NO2/c1-7-15-12(16-8-2)9-14-10-13(5,6)11(3)4/h11-12,14H,7-10H2,1-6H3. The third-order valence-electron chi connectivity index (χ3n) is 3.16. The summed E-state index contributed by atoms with van der Waals surface area (Å²) in [6, 6.07) is 0. The van der Waals surface area contributed by atoms with Gasteiger partial charge in [-0.3, -0.25) is 0 Å². The molecule has 0 aromatic heterocycles. The second kappa shape index (κ2) is 8.04. The largest absolute Gasteiger partial charge is 0.352 e. The maximum atomic E-state index is 5.47. The average Bonchev–Trinajstić information content (AvgIpc) is 2.17. The van der Waals surface area contributed by atoms with Gasteiger partial charge in [0.2, 0.25) is 0 Å². The highest BCUT2D eigenvalue weighted by molar-refractivity contribution is 4.75. The van der Waals surface area contributed by atoms with Gasteiger partial charge in [-0.15, -0.1) is 0 Å². The third kappa shape index (κ3) is 6.46. The summed E-state index contributed by atoms with van der Waals surface area (Å²) in [5.41, 5.74) is 0.309. The van der Waals surface area contributed by atoms with E-state index in [0.717, 1.165) is 13.1 Å². The zero-order chi connectivity index (χ0) is 12.6. The monoisotopic (exact) mass is 231 g/mol. The second-order valence-electron chi connectivity index (χ2n) is 5.11. The Kier molecular flexibility index (Phi) is 7.98. The van der Waals surface area contributed by atoms with E-state index in [1.165, 1.54) is 0 Å². The van der Waals surface area contributed by atoms with Crippen molar-refractivity contribution in [3.63, 3.8) is 0 Å². The normalized spacial score (nSPS) is 12.8. The molecule has 0 amide bonds. The first kappa shape index (κ1) is 15.9. The van der Waals surface area contributed by atoms with Gasteiger partial charge in [-0.2, -0.15) is 0 Å². The van der Waals surface area contributed by atoms with E-state index in [9.17, 15) is 0 Å². The van der Waals surface area contributed by atoms with E-state index in [-0.39, 0.29) is 6.29 Å². The number of nitrogens with one attached hydrogen (secondary N) is 1. The van der Waals surface area contributed by atoms with E-state index >= 15 is 0 Å². The molecule has 0 aliphatic heterocycles. The molecule has 0 aliphatic carbocycles. The Labute approximate surface area is 101 Å². The summed E-state index contributed by atoms with van der Waals surface area (Å²) in [6.07, 6.45) is -0.113. The van der Waals surface area contributed by atoms with Crippen molar-refractivity contribution >= 4 is 0 Å². The molecular formula is C13H29NO2. The lowest BCUT2D eigenvalue weighted by molar-refractivity contribution is -0.133. The zero-order valence-electron chi connectivity index (χ0n) is 11.8. The van der Waals surface area contributed by atoms with Gasteiger partial charge in [0.05, 0.1) is 0 Å². The van der Waals surface area contributed by atoms with Crippen LogP contribution in [0.15, 0.2) is 0 Å². The number of ether oxygens (including phenoxy) is 2. The van der Waals surface area contributed by atoms with Crippen LogP contribution in [-0.4, -0.2) is 32.6 Å². The van der Waals surface area contributed by atoms with Crippen LogP contribution >= 0.6 is 0 Å². The predicted molar refractivity (Wildman–Crippen MR) is 68.5 cm³/mol. The van der Waals surface area contributed by atoms with Crippen molar-refractivity contribution in [1.82, 2.24) is 5.32 Å². The number of hydrogen-bond acceptors (Lipinski definition) is 3. The molecule has 3 nitrogen and oxygen atoms in total. The van der Waals surface area contributed by atoms with Gasteiger partial charge >= 0.3 is 0 Å². The molecule has 0 saturated carbocycles. The van der Waals surface area contributed by atoms with Crippen LogP contribution in [0, 0.1) is 11.3 Å². The molecule has 0 aromatic rings. The smallest absolute Gasteiger partial charge is 0.169 e. The van der Waals surface area contributed by atoms with E-state index in [1.54, 1.807) is 0 Å². The van der Waals surface area contributed by atoms with E-state index < -0.39 is 0 Å². The predicted octanol–water partition coefficient (Wildman–Crippen LogP) is 2.66. The van der Waals surface area contributed by atoms with Crippen LogP contribution in [0.5, 0.6) is 0 Å². The first-order valence-corrected chi connectivity index (χ1v) is 6.38. The first-order valence-electron chi connectivity index (χ1n) is 6.38. The molecule has 1 N–H and O–H groups in total. The Balaban J connectivity index is 3.84. The fourth-order valence-electron chi connectivity index (χ4n) is 1.25. The Morgan fingerprint density at radius 2 is 1.56 bits per heavy atom. The minimum atomic E-state index is -0.113. The topological polar surface area (TPSA) is 30.5 Å². The van der Waals surface area contributed by atoms with E-state index in [0.29, 0.717) is 24.5 Å². The molecule has 16 heavy (non-hydrogen) atoms. The Morgan fingerprint density at radius 1 is 1.06 bits per heavy atom. The molecule has 3 heteroatoms. The SMILES string of the molecule is CCOC(CNCC(C)(C)C(C)C)OCC. The summed E-state index contributed by atoms with van der Waals surface area (Å²) in [5.74, 6) is 0.664. The van der Waals surface area contributed by atoms with Crippen LogP contribution in [-0.2, 0) is 9.47 Å². The van der Waals surface area contributed by atoms with Crippen molar-refractivity contribution in [2.45, 2.75) is 47.8 Å². The Morgan fingerprint density at radius 3 is 1.94 bits per heavy atom. The Hall–Kier alpha value is -0.120. The molecule has 0 fully saturated rings. The summed E-state index contributed by atoms with van der Waals surface area (Å²) in [5, 5.41) is 3.43. The lowest BCUT2D eigenvalue weighted by Crippen LogP contribution is -2.39. The van der Waals surface area contributed by atoms with Crippen LogP contribution < -0.4 is 5.32 Å². The summed E-state index contributed by atoms with van der Waals surface area (Å²) in [6.45, 7) is 16.2.